The van der Waals surface area contributed by atoms with Crippen molar-refractivity contribution in [2.45, 2.75) is 64.2 Å². The van der Waals surface area contributed by atoms with E-state index in [1.165, 1.54) is 31.0 Å². The second-order valence-electron chi connectivity index (χ2n) is 9.79. The Labute approximate surface area is 171 Å². The second-order valence-corrected chi connectivity index (χ2v) is 10.9. The van der Waals surface area contributed by atoms with E-state index in [9.17, 15) is 9.59 Å². The van der Waals surface area contributed by atoms with Gasteiger partial charge in [0.15, 0.2) is 10.6 Å². The average Bonchev–Trinajstić information content (AvgIpc) is 3.23. The zero-order valence-corrected chi connectivity index (χ0v) is 17.6. The van der Waals surface area contributed by atoms with Crippen LogP contribution in [-0.4, -0.2) is 23.3 Å². The summed E-state index contributed by atoms with van der Waals surface area (Å²) in [6.45, 7) is 5.01. The largest absolute Gasteiger partial charge is 0.509 e. The first kappa shape index (κ1) is 18.8. The number of hydrogen-bond acceptors (Lipinski definition) is 5. The minimum Gasteiger partial charge on any atom is -0.429 e. The highest BCUT2D eigenvalue weighted by atomic mass is 32.2. The highest BCUT2D eigenvalue weighted by Crippen LogP contribution is 2.66. The van der Waals surface area contributed by atoms with Gasteiger partial charge in [-0.3, -0.25) is 4.79 Å². The highest BCUT2D eigenvalue weighted by Gasteiger charge is 2.59. The van der Waals surface area contributed by atoms with E-state index >= 15 is 0 Å². The van der Waals surface area contributed by atoms with Crippen LogP contribution in [0.3, 0.4) is 0 Å². The van der Waals surface area contributed by atoms with Crippen LogP contribution in [-0.2, 0) is 14.3 Å². The molecule has 152 valence electrons. The summed E-state index contributed by atoms with van der Waals surface area (Å²) >= 11 is 1.18. The molecule has 0 aromatic carbocycles. The fourth-order valence-electron chi connectivity index (χ4n) is 7.31. The van der Waals surface area contributed by atoms with Crippen molar-refractivity contribution in [1.29, 1.82) is 0 Å². The minimum atomic E-state index is -0.652. The zero-order valence-electron chi connectivity index (χ0n) is 16.8. The maximum atomic E-state index is 13.1. The van der Waals surface area contributed by atoms with Crippen molar-refractivity contribution in [3.05, 3.63) is 23.8 Å². The summed E-state index contributed by atoms with van der Waals surface area (Å²) in [4.78, 5) is 24.3. The molecule has 3 saturated carbocycles. The van der Waals surface area contributed by atoms with Gasteiger partial charge in [0, 0.05) is 11.3 Å². The first-order valence-corrected chi connectivity index (χ1v) is 11.7. The van der Waals surface area contributed by atoms with Gasteiger partial charge in [0.1, 0.15) is 6.61 Å². The number of carbonyl (C=O) groups excluding carboxylic acids is 2. The lowest BCUT2D eigenvalue weighted by molar-refractivity contribution is -0.120. The molecular weight excluding hydrogens is 372 g/mol. The van der Waals surface area contributed by atoms with Crippen LogP contribution in [0.5, 0.6) is 0 Å². The van der Waals surface area contributed by atoms with Crippen molar-refractivity contribution in [2.75, 3.05) is 6.61 Å². The van der Waals surface area contributed by atoms with Gasteiger partial charge in [-0.05, 0) is 79.9 Å². The first-order chi connectivity index (χ1) is 13.4. The quantitative estimate of drug-likeness (QED) is 0.452. The van der Waals surface area contributed by atoms with Crippen LogP contribution in [0, 0.1) is 34.5 Å². The number of hydrogen-bond donors (Lipinski definition) is 0. The molecule has 0 amide bonds. The molecule has 4 fully saturated rings. The van der Waals surface area contributed by atoms with Crippen LogP contribution in [0.15, 0.2) is 23.8 Å². The van der Waals surface area contributed by atoms with Crippen LogP contribution in [0.4, 0.5) is 4.79 Å². The van der Waals surface area contributed by atoms with Gasteiger partial charge in [0.2, 0.25) is 0 Å². The standard InChI is InChI=1S/C23H30O4S/c1-22-11-4-3-5-14(22)6-7-15-16-8-9-18(23(16,2)12-10-17(15)22)20(24)28-19-13-26-21(25)27-19/h4-5,11,15-19H,3,6-10,12-13H2,1-2H3/t15-,16-,17-,18+,19?,22-,23-/m0/s1. The maximum absolute atomic E-state index is 13.1. The Kier molecular flexibility index (Phi) is 4.46. The van der Waals surface area contributed by atoms with Gasteiger partial charge >= 0.3 is 6.16 Å². The van der Waals surface area contributed by atoms with E-state index in [0.717, 1.165) is 31.6 Å². The van der Waals surface area contributed by atoms with Crippen molar-refractivity contribution in [3.8, 4) is 0 Å². The van der Waals surface area contributed by atoms with E-state index in [4.69, 9.17) is 9.47 Å². The van der Waals surface area contributed by atoms with Gasteiger partial charge < -0.3 is 9.47 Å². The molecule has 5 heteroatoms. The van der Waals surface area contributed by atoms with Gasteiger partial charge in [-0.25, -0.2) is 4.79 Å². The van der Waals surface area contributed by atoms with Crippen molar-refractivity contribution in [3.63, 3.8) is 0 Å². The second kappa shape index (κ2) is 6.65. The Morgan fingerprint density at radius 2 is 2.04 bits per heavy atom. The molecule has 0 aromatic rings. The topological polar surface area (TPSA) is 52.6 Å². The molecule has 1 heterocycles. The summed E-state index contributed by atoms with van der Waals surface area (Å²) in [5, 5.41) is 0.201. The van der Waals surface area contributed by atoms with Crippen molar-refractivity contribution in [2.24, 2.45) is 34.5 Å². The van der Waals surface area contributed by atoms with Crippen molar-refractivity contribution >= 4 is 23.0 Å². The van der Waals surface area contributed by atoms with E-state index in [2.05, 4.69) is 32.1 Å². The van der Waals surface area contributed by atoms with Gasteiger partial charge in [-0.15, -0.1) is 0 Å². The van der Waals surface area contributed by atoms with Gasteiger partial charge in [-0.1, -0.05) is 37.6 Å². The predicted molar refractivity (Wildman–Crippen MR) is 109 cm³/mol. The van der Waals surface area contributed by atoms with Crippen LogP contribution >= 0.6 is 11.8 Å². The number of ether oxygens (including phenoxy) is 2. The Morgan fingerprint density at radius 1 is 1.18 bits per heavy atom. The summed E-state index contributed by atoms with van der Waals surface area (Å²) in [7, 11) is 0. The summed E-state index contributed by atoms with van der Waals surface area (Å²) in [6.07, 6.45) is 14.7. The number of rotatable bonds is 2. The van der Waals surface area contributed by atoms with E-state index in [0.29, 0.717) is 11.8 Å². The summed E-state index contributed by atoms with van der Waals surface area (Å²) < 4.78 is 9.93. The van der Waals surface area contributed by atoms with Crippen molar-refractivity contribution < 1.29 is 19.1 Å². The molecule has 1 unspecified atom stereocenters. The molecule has 4 aliphatic carbocycles. The molecule has 0 spiro atoms. The van der Waals surface area contributed by atoms with Gasteiger partial charge in [-0.2, -0.15) is 0 Å². The van der Waals surface area contributed by atoms with Crippen LogP contribution < -0.4 is 0 Å². The highest BCUT2D eigenvalue weighted by molar-refractivity contribution is 8.14. The molecule has 5 rings (SSSR count). The predicted octanol–water partition coefficient (Wildman–Crippen LogP) is 5.48. The van der Waals surface area contributed by atoms with Crippen LogP contribution in [0.1, 0.15) is 58.8 Å². The molecule has 7 atom stereocenters. The SMILES string of the molecule is C[C@]12CC[C@H]3[C@@H](CCC4=CCC=C[C@@]43C)[C@@H]1CC[C@@H]2C(=O)SC1COC(=O)O1. The monoisotopic (exact) mass is 402 g/mol. The number of fused-ring (bicyclic) bond motifs is 5. The third-order valence-electron chi connectivity index (χ3n) is 8.71. The summed E-state index contributed by atoms with van der Waals surface area (Å²) in [5.74, 6) is 2.15. The third kappa shape index (κ3) is 2.72. The molecule has 0 radical (unpaired) electrons. The van der Waals surface area contributed by atoms with Gasteiger partial charge in [0.25, 0.3) is 0 Å². The number of cyclic esters (lactones) is 2. The van der Waals surface area contributed by atoms with E-state index in [1.54, 1.807) is 5.57 Å². The fourth-order valence-corrected chi connectivity index (χ4v) is 8.38. The van der Waals surface area contributed by atoms with Crippen LogP contribution in [0.25, 0.3) is 0 Å². The lowest BCUT2D eigenvalue weighted by atomic mass is 9.48. The van der Waals surface area contributed by atoms with Crippen LogP contribution in [0.2, 0.25) is 0 Å². The third-order valence-corrected chi connectivity index (χ3v) is 9.72. The molecule has 1 saturated heterocycles. The number of thioether (sulfide) groups is 1. The first-order valence-electron chi connectivity index (χ1n) is 10.8. The smallest absolute Gasteiger partial charge is 0.429 e. The molecule has 0 N–H and O–H groups in total. The lowest BCUT2D eigenvalue weighted by Crippen LogP contribution is -2.50. The fraction of sp³-hybridized carbons (Fsp3) is 0.739. The molecule has 1 aliphatic heterocycles. The summed E-state index contributed by atoms with van der Waals surface area (Å²) in [6, 6.07) is 0. The van der Waals surface area contributed by atoms with E-state index in [1.807, 2.05) is 0 Å². The van der Waals surface area contributed by atoms with E-state index < -0.39 is 11.6 Å². The zero-order chi connectivity index (χ0) is 19.5. The Hall–Kier alpha value is -1.23. The molecule has 0 bridgehead atoms. The molecular formula is C23H30O4S. The lowest BCUT2D eigenvalue weighted by Gasteiger charge is -2.57. The molecule has 4 nitrogen and oxygen atoms in total. The Bertz CT molecular complexity index is 758. The average molecular weight is 403 g/mol. The Balaban J connectivity index is 1.35. The van der Waals surface area contributed by atoms with E-state index in [-0.39, 0.29) is 28.5 Å². The maximum Gasteiger partial charge on any atom is 0.509 e. The molecule has 5 aliphatic rings. The normalized spacial score (nSPS) is 46.7. The number of allylic oxidation sites excluding steroid dienone is 4. The molecule has 0 aromatic heterocycles. The molecule has 28 heavy (non-hydrogen) atoms. The Morgan fingerprint density at radius 3 is 2.82 bits per heavy atom. The number of carbonyl (C=O) groups is 2. The summed E-state index contributed by atoms with van der Waals surface area (Å²) in [5.41, 5.74) is 1.51. The van der Waals surface area contributed by atoms with Crippen molar-refractivity contribution in [1.82, 2.24) is 0 Å². The minimum absolute atomic E-state index is 0.0781. The van der Waals surface area contributed by atoms with Gasteiger partial charge in [0.05, 0.1) is 0 Å².